The largest absolute Gasteiger partial charge is 0.303 e. The molecule has 0 saturated carbocycles. The standard InChI is InChI=1S/C14H27BrN2/c1-16-8-3-2-4-14(16)7-11-17-9-5-13(12-15)6-10-17/h13-14H,2-12H2,1H3. The van der Waals surface area contributed by atoms with Gasteiger partial charge in [-0.2, -0.15) is 0 Å². The quantitative estimate of drug-likeness (QED) is 0.737. The molecule has 1 atom stereocenters. The first kappa shape index (κ1) is 13.8. The summed E-state index contributed by atoms with van der Waals surface area (Å²) in [7, 11) is 2.31. The van der Waals surface area contributed by atoms with Gasteiger partial charge in [0, 0.05) is 11.4 Å². The molecule has 0 aliphatic carbocycles. The summed E-state index contributed by atoms with van der Waals surface area (Å²) in [5, 5.41) is 1.20. The molecule has 0 aromatic carbocycles. The molecule has 2 aliphatic rings. The van der Waals surface area contributed by atoms with Crippen LogP contribution >= 0.6 is 15.9 Å². The third-order valence-electron chi connectivity index (χ3n) is 4.63. The van der Waals surface area contributed by atoms with Gasteiger partial charge in [-0.15, -0.1) is 0 Å². The van der Waals surface area contributed by atoms with Gasteiger partial charge in [0.25, 0.3) is 0 Å². The van der Waals surface area contributed by atoms with Crippen LogP contribution in [0.2, 0.25) is 0 Å². The average Bonchev–Trinajstić information content (AvgIpc) is 2.38. The van der Waals surface area contributed by atoms with Crippen molar-refractivity contribution in [3.05, 3.63) is 0 Å². The number of nitrogens with zero attached hydrogens (tertiary/aromatic N) is 2. The van der Waals surface area contributed by atoms with Crippen LogP contribution in [0, 0.1) is 5.92 Å². The fourth-order valence-electron chi connectivity index (χ4n) is 3.20. The molecule has 0 aromatic rings. The van der Waals surface area contributed by atoms with E-state index in [9.17, 15) is 0 Å². The molecule has 2 saturated heterocycles. The number of rotatable bonds is 4. The number of hydrogen-bond donors (Lipinski definition) is 0. The van der Waals surface area contributed by atoms with Gasteiger partial charge in [0.2, 0.25) is 0 Å². The van der Waals surface area contributed by atoms with Crippen molar-refractivity contribution in [1.29, 1.82) is 0 Å². The van der Waals surface area contributed by atoms with E-state index in [0.717, 1.165) is 12.0 Å². The van der Waals surface area contributed by atoms with Crippen LogP contribution in [-0.4, -0.2) is 54.4 Å². The molecule has 0 bridgehead atoms. The molecule has 0 radical (unpaired) electrons. The lowest BCUT2D eigenvalue weighted by atomic mass is 9.97. The first-order valence-electron chi connectivity index (χ1n) is 7.28. The molecule has 2 fully saturated rings. The minimum Gasteiger partial charge on any atom is -0.303 e. The Kier molecular flexibility index (Phi) is 5.78. The van der Waals surface area contributed by atoms with E-state index >= 15 is 0 Å². The van der Waals surface area contributed by atoms with Gasteiger partial charge in [0.1, 0.15) is 0 Å². The summed E-state index contributed by atoms with van der Waals surface area (Å²) in [5.41, 5.74) is 0. The van der Waals surface area contributed by atoms with Crippen molar-refractivity contribution in [2.45, 2.75) is 44.6 Å². The van der Waals surface area contributed by atoms with Gasteiger partial charge in [-0.3, -0.25) is 0 Å². The highest BCUT2D eigenvalue weighted by Gasteiger charge is 2.22. The summed E-state index contributed by atoms with van der Waals surface area (Å²) in [6.45, 7) is 5.29. The molecule has 2 aliphatic heterocycles. The summed E-state index contributed by atoms with van der Waals surface area (Å²) in [4.78, 5) is 5.26. The van der Waals surface area contributed by atoms with Crippen LogP contribution in [0.15, 0.2) is 0 Å². The van der Waals surface area contributed by atoms with E-state index in [2.05, 4.69) is 32.8 Å². The minimum absolute atomic E-state index is 0.859. The van der Waals surface area contributed by atoms with Crippen molar-refractivity contribution in [2.75, 3.05) is 38.6 Å². The second-order valence-corrected chi connectivity index (χ2v) is 6.51. The molecule has 100 valence electrons. The van der Waals surface area contributed by atoms with E-state index in [1.54, 1.807) is 0 Å². The highest BCUT2D eigenvalue weighted by Crippen LogP contribution is 2.21. The van der Waals surface area contributed by atoms with Crippen molar-refractivity contribution in [2.24, 2.45) is 5.92 Å². The zero-order chi connectivity index (χ0) is 12.1. The normalized spacial score (nSPS) is 29.6. The predicted octanol–water partition coefficient (Wildman–Crippen LogP) is 2.97. The smallest absolute Gasteiger partial charge is 0.0104 e. The van der Waals surface area contributed by atoms with E-state index < -0.39 is 0 Å². The van der Waals surface area contributed by atoms with Crippen LogP contribution in [0.1, 0.15) is 38.5 Å². The summed E-state index contributed by atoms with van der Waals surface area (Å²) in [5.74, 6) is 0.934. The van der Waals surface area contributed by atoms with Gasteiger partial charge >= 0.3 is 0 Å². The van der Waals surface area contributed by atoms with E-state index in [1.165, 1.54) is 70.0 Å². The Hall–Kier alpha value is 0.400. The molecule has 0 N–H and O–H groups in total. The Labute approximate surface area is 115 Å². The maximum Gasteiger partial charge on any atom is 0.0104 e. The van der Waals surface area contributed by atoms with Gasteiger partial charge in [-0.25, -0.2) is 0 Å². The fraction of sp³-hybridized carbons (Fsp3) is 1.00. The molecule has 1 unspecified atom stereocenters. The van der Waals surface area contributed by atoms with Gasteiger partial charge in [0.05, 0.1) is 0 Å². The molecular weight excluding hydrogens is 276 g/mol. The van der Waals surface area contributed by atoms with Crippen LogP contribution in [0.4, 0.5) is 0 Å². The van der Waals surface area contributed by atoms with Crippen molar-refractivity contribution in [1.82, 2.24) is 9.80 Å². The number of hydrogen-bond acceptors (Lipinski definition) is 2. The highest BCUT2D eigenvalue weighted by molar-refractivity contribution is 9.09. The summed E-state index contributed by atoms with van der Waals surface area (Å²) < 4.78 is 0. The van der Waals surface area contributed by atoms with Crippen molar-refractivity contribution < 1.29 is 0 Å². The zero-order valence-electron chi connectivity index (χ0n) is 11.2. The van der Waals surface area contributed by atoms with Crippen molar-refractivity contribution in [3.8, 4) is 0 Å². The Morgan fingerprint density at radius 2 is 1.82 bits per heavy atom. The topological polar surface area (TPSA) is 6.48 Å². The number of alkyl halides is 1. The minimum atomic E-state index is 0.859. The molecule has 3 heteroatoms. The second-order valence-electron chi connectivity index (χ2n) is 5.86. The van der Waals surface area contributed by atoms with E-state index in [1.807, 2.05) is 0 Å². The Morgan fingerprint density at radius 1 is 1.06 bits per heavy atom. The Bertz CT molecular complexity index is 214. The summed E-state index contributed by atoms with van der Waals surface area (Å²) in [6, 6.07) is 0.859. The summed E-state index contributed by atoms with van der Waals surface area (Å²) in [6.07, 6.45) is 8.45. The molecule has 2 nitrogen and oxygen atoms in total. The maximum absolute atomic E-state index is 3.62. The number of likely N-dealkylation sites (tertiary alicyclic amines) is 2. The molecule has 2 rings (SSSR count). The molecule has 0 aromatic heterocycles. The monoisotopic (exact) mass is 302 g/mol. The molecular formula is C14H27BrN2. The van der Waals surface area contributed by atoms with E-state index in [0.29, 0.717) is 0 Å². The lowest BCUT2D eigenvalue weighted by Crippen LogP contribution is -2.41. The fourth-order valence-corrected chi connectivity index (χ4v) is 3.85. The second kappa shape index (κ2) is 7.10. The van der Waals surface area contributed by atoms with Gasteiger partial charge in [0.15, 0.2) is 0 Å². The van der Waals surface area contributed by atoms with Crippen LogP contribution in [0.3, 0.4) is 0 Å². The van der Waals surface area contributed by atoms with Crippen LogP contribution < -0.4 is 0 Å². The van der Waals surface area contributed by atoms with Gasteiger partial charge < -0.3 is 9.80 Å². The predicted molar refractivity (Wildman–Crippen MR) is 77.8 cm³/mol. The zero-order valence-corrected chi connectivity index (χ0v) is 12.8. The van der Waals surface area contributed by atoms with Gasteiger partial charge in [-0.05, 0) is 71.2 Å². The van der Waals surface area contributed by atoms with Crippen LogP contribution in [0.5, 0.6) is 0 Å². The Morgan fingerprint density at radius 3 is 2.47 bits per heavy atom. The van der Waals surface area contributed by atoms with Crippen LogP contribution in [-0.2, 0) is 0 Å². The average molecular weight is 303 g/mol. The van der Waals surface area contributed by atoms with Crippen LogP contribution in [0.25, 0.3) is 0 Å². The maximum atomic E-state index is 3.62. The van der Waals surface area contributed by atoms with E-state index in [4.69, 9.17) is 0 Å². The SMILES string of the molecule is CN1CCCCC1CCN1CCC(CBr)CC1. The Balaban J connectivity index is 1.65. The lowest BCUT2D eigenvalue weighted by molar-refractivity contribution is 0.137. The molecule has 0 amide bonds. The summed E-state index contributed by atoms with van der Waals surface area (Å²) >= 11 is 3.62. The van der Waals surface area contributed by atoms with Crippen molar-refractivity contribution in [3.63, 3.8) is 0 Å². The third kappa shape index (κ3) is 4.22. The third-order valence-corrected chi connectivity index (χ3v) is 5.54. The first-order chi connectivity index (χ1) is 8.29. The van der Waals surface area contributed by atoms with E-state index in [-0.39, 0.29) is 0 Å². The molecule has 0 spiro atoms. The molecule has 2 heterocycles. The number of piperidine rings is 2. The van der Waals surface area contributed by atoms with Crippen molar-refractivity contribution >= 4 is 15.9 Å². The number of halogens is 1. The molecule has 17 heavy (non-hydrogen) atoms. The highest BCUT2D eigenvalue weighted by atomic mass is 79.9. The van der Waals surface area contributed by atoms with Gasteiger partial charge in [-0.1, -0.05) is 22.4 Å². The lowest BCUT2D eigenvalue weighted by Gasteiger charge is -2.36. The first-order valence-corrected chi connectivity index (χ1v) is 8.40.